The average molecular weight is 305 g/mol. The molecule has 0 aromatic heterocycles. The molecule has 1 nitrogen and oxygen atoms in total. The summed E-state index contributed by atoms with van der Waals surface area (Å²) in [5, 5.41) is 1.12. The van der Waals surface area contributed by atoms with Gasteiger partial charge in [-0.15, -0.1) is 0 Å². The van der Waals surface area contributed by atoms with Crippen molar-refractivity contribution < 1.29 is 4.74 Å². The van der Waals surface area contributed by atoms with Crippen LogP contribution < -0.4 is 0 Å². The first kappa shape index (κ1) is 15.5. The van der Waals surface area contributed by atoms with Crippen LogP contribution in [0.3, 0.4) is 0 Å². The van der Waals surface area contributed by atoms with Gasteiger partial charge in [-0.3, -0.25) is 0 Å². The summed E-state index contributed by atoms with van der Waals surface area (Å²) in [6.45, 7) is 6.49. The molecule has 1 rings (SSSR count). The first-order valence-electron chi connectivity index (χ1n) is 7.32. The van der Waals surface area contributed by atoms with Crippen LogP contribution in [-0.2, 0) is 4.74 Å². The molecule has 0 saturated heterocycles. The lowest BCUT2D eigenvalue weighted by molar-refractivity contribution is 0.0446. The molecule has 0 spiro atoms. The van der Waals surface area contributed by atoms with Gasteiger partial charge < -0.3 is 4.74 Å². The number of hydrogen-bond donors (Lipinski definition) is 0. The molecule has 17 heavy (non-hydrogen) atoms. The zero-order valence-corrected chi connectivity index (χ0v) is 13.2. The van der Waals surface area contributed by atoms with Gasteiger partial charge in [-0.2, -0.15) is 0 Å². The van der Waals surface area contributed by atoms with Crippen molar-refractivity contribution in [3.8, 4) is 0 Å². The Morgan fingerprint density at radius 1 is 1.12 bits per heavy atom. The van der Waals surface area contributed by atoms with Gasteiger partial charge in [-0.05, 0) is 31.6 Å². The maximum Gasteiger partial charge on any atom is 0.0530 e. The second-order valence-corrected chi connectivity index (χ2v) is 6.70. The van der Waals surface area contributed by atoms with E-state index in [9.17, 15) is 0 Å². The fourth-order valence-electron chi connectivity index (χ4n) is 2.68. The molecular weight excluding hydrogens is 276 g/mol. The Balaban J connectivity index is 2.20. The van der Waals surface area contributed by atoms with Crippen molar-refractivity contribution in [2.45, 2.75) is 65.2 Å². The molecule has 0 heterocycles. The molecule has 0 amide bonds. The monoisotopic (exact) mass is 304 g/mol. The van der Waals surface area contributed by atoms with Gasteiger partial charge in [0.25, 0.3) is 0 Å². The minimum atomic E-state index is 0.439. The van der Waals surface area contributed by atoms with E-state index in [0.717, 1.165) is 24.5 Å². The highest BCUT2D eigenvalue weighted by atomic mass is 79.9. The van der Waals surface area contributed by atoms with Gasteiger partial charge in [-0.25, -0.2) is 0 Å². The van der Waals surface area contributed by atoms with Crippen LogP contribution in [0, 0.1) is 11.3 Å². The third kappa shape index (κ3) is 6.24. The predicted octanol–water partition coefficient (Wildman–Crippen LogP) is 5.17. The Kier molecular flexibility index (Phi) is 7.77. The van der Waals surface area contributed by atoms with E-state index in [4.69, 9.17) is 4.74 Å². The second kappa shape index (κ2) is 8.53. The topological polar surface area (TPSA) is 9.23 Å². The first-order chi connectivity index (χ1) is 8.18. The molecule has 102 valence electrons. The van der Waals surface area contributed by atoms with Crippen molar-refractivity contribution in [3.63, 3.8) is 0 Å². The van der Waals surface area contributed by atoms with Gasteiger partial charge in [0.2, 0.25) is 0 Å². The van der Waals surface area contributed by atoms with Crippen LogP contribution in [0.25, 0.3) is 0 Å². The van der Waals surface area contributed by atoms with Gasteiger partial charge in [0.05, 0.1) is 6.61 Å². The van der Waals surface area contributed by atoms with Crippen molar-refractivity contribution in [3.05, 3.63) is 0 Å². The summed E-state index contributed by atoms with van der Waals surface area (Å²) in [7, 11) is 0. The summed E-state index contributed by atoms with van der Waals surface area (Å²) < 4.78 is 5.94. The minimum Gasteiger partial charge on any atom is -0.381 e. The van der Waals surface area contributed by atoms with E-state index < -0.39 is 0 Å². The standard InChI is InChI=1S/C15H29BrO/c1-14(2)8-7-11-17-13-15(12-16)9-5-3-4-6-10-15/h14H,3-13H2,1-2H3. The van der Waals surface area contributed by atoms with Crippen molar-refractivity contribution in [1.29, 1.82) is 0 Å². The van der Waals surface area contributed by atoms with Crippen LogP contribution in [0.15, 0.2) is 0 Å². The number of rotatable bonds is 7. The highest BCUT2D eigenvalue weighted by Crippen LogP contribution is 2.36. The maximum atomic E-state index is 5.94. The molecule has 0 aliphatic heterocycles. The molecule has 0 aromatic carbocycles. The molecule has 1 aliphatic rings. The third-order valence-electron chi connectivity index (χ3n) is 3.93. The van der Waals surface area contributed by atoms with E-state index in [1.54, 1.807) is 0 Å². The van der Waals surface area contributed by atoms with Gasteiger partial charge >= 0.3 is 0 Å². The van der Waals surface area contributed by atoms with Crippen LogP contribution in [0.2, 0.25) is 0 Å². The largest absolute Gasteiger partial charge is 0.381 e. The molecule has 0 radical (unpaired) electrons. The molecule has 0 aromatic rings. The zero-order chi connectivity index (χ0) is 12.6. The SMILES string of the molecule is CC(C)CCCOCC1(CBr)CCCCCC1. The molecule has 0 bridgehead atoms. The maximum absolute atomic E-state index is 5.94. The fraction of sp³-hybridized carbons (Fsp3) is 1.00. The highest BCUT2D eigenvalue weighted by Gasteiger charge is 2.29. The smallest absolute Gasteiger partial charge is 0.0530 e. The van der Waals surface area contributed by atoms with Gasteiger partial charge in [0.1, 0.15) is 0 Å². The molecular formula is C15H29BrO. The Labute approximate surface area is 116 Å². The van der Waals surface area contributed by atoms with Crippen molar-refractivity contribution in [1.82, 2.24) is 0 Å². The van der Waals surface area contributed by atoms with Crippen LogP contribution in [-0.4, -0.2) is 18.5 Å². The number of halogens is 1. The van der Waals surface area contributed by atoms with E-state index >= 15 is 0 Å². The molecule has 0 N–H and O–H groups in total. The number of ether oxygens (including phenoxy) is 1. The van der Waals surface area contributed by atoms with E-state index in [0.29, 0.717) is 5.41 Å². The van der Waals surface area contributed by atoms with Crippen LogP contribution in [0.1, 0.15) is 65.2 Å². The first-order valence-corrected chi connectivity index (χ1v) is 8.44. The van der Waals surface area contributed by atoms with Gasteiger partial charge in [-0.1, -0.05) is 55.5 Å². The summed E-state index contributed by atoms with van der Waals surface area (Å²) in [6.07, 6.45) is 10.8. The number of alkyl halides is 1. The van der Waals surface area contributed by atoms with E-state index in [-0.39, 0.29) is 0 Å². The van der Waals surface area contributed by atoms with Crippen LogP contribution in [0.5, 0.6) is 0 Å². The lowest BCUT2D eigenvalue weighted by atomic mass is 9.83. The molecule has 1 fully saturated rings. The highest BCUT2D eigenvalue weighted by molar-refractivity contribution is 9.09. The predicted molar refractivity (Wildman–Crippen MR) is 78.8 cm³/mol. The van der Waals surface area contributed by atoms with Crippen molar-refractivity contribution in [2.75, 3.05) is 18.5 Å². The normalized spacial score (nSPS) is 20.5. The molecule has 1 saturated carbocycles. The molecule has 0 unspecified atom stereocenters. The lowest BCUT2D eigenvalue weighted by Crippen LogP contribution is -2.28. The average Bonchev–Trinajstić information content (AvgIpc) is 2.54. The lowest BCUT2D eigenvalue weighted by Gasteiger charge is -2.30. The zero-order valence-electron chi connectivity index (χ0n) is 11.6. The quantitative estimate of drug-likeness (QED) is 0.358. The summed E-state index contributed by atoms with van der Waals surface area (Å²) in [5.74, 6) is 0.807. The summed E-state index contributed by atoms with van der Waals surface area (Å²) in [6, 6.07) is 0. The van der Waals surface area contributed by atoms with E-state index in [2.05, 4.69) is 29.8 Å². The molecule has 2 heteroatoms. The van der Waals surface area contributed by atoms with Crippen molar-refractivity contribution in [2.24, 2.45) is 11.3 Å². The Morgan fingerprint density at radius 2 is 1.76 bits per heavy atom. The minimum absolute atomic E-state index is 0.439. The van der Waals surface area contributed by atoms with Gasteiger partial charge in [0.15, 0.2) is 0 Å². The van der Waals surface area contributed by atoms with E-state index in [1.807, 2.05) is 0 Å². The van der Waals surface area contributed by atoms with Crippen LogP contribution in [0.4, 0.5) is 0 Å². The van der Waals surface area contributed by atoms with Crippen LogP contribution >= 0.6 is 15.9 Å². The summed E-state index contributed by atoms with van der Waals surface area (Å²) in [4.78, 5) is 0. The fourth-order valence-corrected chi connectivity index (χ4v) is 3.40. The summed E-state index contributed by atoms with van der Waals surface area (Å²) >= 11 is 3.72. The molecule has 0 atom stereocenters. The second-order valence-electron chi connectivity index (χ2n) is 6.14. The summed E-state index contributed by atoms with van der Waals surface area (Å²) in [5.41, 5.74) is 0.439. The van der Waals surface area contributed by atoms with Crippen molar-refractivity contribution >= 4 is 15.9 Å². The Bertz CT molecular complexity index is 183. The van der Waals surface area contributed by atoms with Gasteiger partial charge in [0, 0.05) is 17.4 Å². The van der Waals surface area contributed by atoms with E-state index in [1.165, 1.54) is 51.4 Å². The molecule has 1 aliphatic carbocycles. The number of hydrogen-bond acceptors (Lipinski definition) is 1. The Hall–Kier alpha value is 0.440. The third-order valence-corrected chi connectivity index (χ3v) is 5.12. The Morgan fingerprint density at radius 3 is 2.29 bits per heavy atom.